The molecule has 26 heavy (non-hydrogen) atoms. The van der Waals surface area contributed by atoms with Crippen molar-refractivity contribution in [2.45, 2.75) is 18.8 Å². The van der Waals surface area contributed by atoms with Crippen molar-refractivity contribution in [3.05, 3.63) is 47.5 Å². The van der Waals surface area contributed by atoms with Crippen molar-refractivity contribution in [1.29, 1.82) is 0 Å². The van der Waals surface area contributed by atoms with E-state index in [-0.39, 0.29) is 5.91 Å². The van der Waals surface area contributed by atoms with Crippen molar-refractivity contribution in [2.24, 2.45) is 5.73 Å². The van der Waals surface area contributed by atoms with Crippen LogP contribution in [0.4, 0.5) is 0 Å². The van der Waals surface area contributed by atoms with Crippen molar-refractivity contribution in [1.82, 2.24) is 0 Å². The first-order valence-electron chi connectivity index (χ1n) is 8.26. The van der Waals surface area contributed by atoms with Crippen molar-refractivity contribution in [2.75, 3.05) is 28.4 Å². The monoisotopic (exact) mass is 359 g/mol. The maximum absolute atomic E-state index is 12.0. The van der Waals surface area contributed by atoms with Crippen LogP contribution in [0.2, 0.25) is 0 Å². The summed E-state index contributed by atoms with van der Waals surface area (Å²) in [5, 5.41) is 0. The fraction of sp³-hybridized carbons (Fsp3) is 0.350. The van der Waals surface area contributed by atoms with Gasteiger partial charge in [0, 0.05) is 0 Å². The molecule has 0 radical (unpaired) electrons. The van der Waals surface area contributed by atoms with Gasteiger partial charge >= 0.3 is 0 Å². The second kappa shape index (κ2) is 8.99. The Hall–Kier alpha value is -2.89. The summed E-state index contributed by atoms with van der Waals surface area (Å²) in [5.41, 5.74) is 7.40. The fourth-order valence-corrected chi connectivity index (χ4v) is 2.99. The number of benzene rings is 2. The second-order valence-electron chi connectivity index (χ2n) is 5.76. The Balaban J connectivity index is 2.26. The van der Waals surface area contributed by atoms with Gasteiger partial charge in [0.2, 0.25) is 5.91 Å². The minimum atomic E-state index is -0.453. The van der Waals surface area contributed by atoms with Gasteiger partial charge in [-0.25, -0.2) is 0 Å². The number of primary amides is 1. The zero-order valence-corrected chi connectivity index (χ0v) is 15.6. The number of aryl methyl sites for hydroxylation is 1. The lowest BCUT2D eigenvalue weighted by molar-refractivity contribution is -0.119. The van der Waals surface area contributed by atoms with E-state index >= 15 is 0 Å². The van der Waals surface area contributed by atoms with Crippen molar-refractivity contribution in [3.63, 3.8) is 0 Å². The van der Waals surface area contributed by atoms with Gasteiger partial charge in [-0.15, -0.1) is 0 Å². The Morgan fingerprint density at radius 1 is 0.923 bits per heavy atom. The molecule has 6 heteroatoms. The van der Waals surface area contributed by atoms with Gasteiger partial charge in [-0.3, -0.25) is 4.79 Å². The molecule has 0 aromatic heterocycles. The number of carbonyl (C=O) groups is 1. The molecule has 140 valence electrons. The number of rotatable bonds is 9. The van der Waals surface area contributed by atoms with Gasteiger partial charge in [0.1, 0.15) is 0 Å². The van der Waals surface area contributed by atoms with Crippen LogP contribution in [0.3, 0.4) is 0 Å². The van der Waals surface area contributed by atoms with Crippen molar-refractivity contribution >= 4 is 5.91 Å². The van der Waals surface area contributed by atoms with Gasteiger partial charge in [-0.2, -0.15) is 0 Å². The molecule has 0 spiro atoms. The molecule has 0 aliphatic rings. The number of hydrogen-bond donors (Lipinski definition) is 1. The molecule has 2 N–H and O–H groups in total. The predicted molar refractivity (Wildman–Crippen MR) is 99.3 cm³/mol. The first-order chi connectivity index (χ1) is 12.5. The molecular weight excluding hydrogens is 334 g/mol. The van der Waals surface area contributed by atoms with E-state index in [4.69, 9.17) is 24.7 Å². The molecule has 6 nitrogen and oxygen atoms in total. The highest BCUT2D eigenvalue weighted by atomic mass is 16.5. The lowest BCUT2D eigenvalue weighted by Crippen LogP contribution is -2.22. The lowest BCUT2D eigenvalue weighted by atomic mass is 9.91. The van der Waals surface area contributed by atoms with Gasteiger partial charge in [0.25, 0.3) is 0 Å². The third-order valence-electron chi connectivity index (χ3n) is 4.34. The summed E-state index contributed by atoms with van der Waals surface area (Å²) in [6, 6.07) is 11.1. The number of methoxy groups -OCH3 is 4. The van der Waals surface area contributed by atoms with Crippen LogP contribution in [0.15, 0.2) is 36.4 Å². The Bertz CT molecular complexity index is 760. The van der Waals surface area contributed by atoms with Crippen molar-refractivity contribution < 1.29 is 23.7 Å². The Labute approximate surface area is 153 Å². The normalized spacial score (nSPS) is 11.5. The Kier molecular flexibility index (Phi) is 6.72. The van der Waals surface area contributed by atoms with Crippen LogP contribution in [0.25, 0.3) is 0 Å². The minimum Gasteiger partial charge on any atom is -0.493 e. The quantitative estimate of drug-likeness (QED) is 0.745. The van der Waals surface area contributed by atoms with E-state index < -0.39 is 5.92 Å². The summed E-state index contributed by atoms with van der Waals surface area (Å²) in [5.74, 6) is 1.66. The van der Waals surface area contributed by atoms with E-state index in [1.807, 2.05) is 24.3 Å². The first-order valence-corrected chi connectivity index (χ1v) is 8.26. The third-order valence-corrected chi connectivity index (χ3v) is 4.34. The van der Waals surface area contributed by atoms with Crippen LogP contribution in [0.1, 0.15) is 23.5 Å². The topological polar surface area (TPSA) is 80.0 Å². The maximum Gasteiger partial charge on any atom is 0.224 e. The third kappa shape index (κ3) is 4.20. The highest BCUT2D eigenvalue weighted by Crippen LogP contribution is 2.35. The van der Waals surface area contributed by atoms with Gasteiger partial charge in [-0.1, -0.05) is 18.2 Å². The summed E-state index contributed by atoms with van der Waals surface area (Å²) in [7, 11) is 6.32. The molecule has 1 unspecified atom stereocenters. The molecule has 0 heterocycles. The largest absolute Gasteiger partial charge is 0.493 e. The number of nitrogens with two attached hydrogens (primary N) is 1. The zero-order chi connectivity index (χ0) is 19.1. The molecule has 1 amide bonds. The van der Waals surface area contributed by atoms with E-state index in [1.54, 1.807) is 40.6 Å². The van der Waals surface area contributed by atoms with Crippen LogP contribution in [-0.2, 0) is 11.2 Å². The molecule has 0 aliphatic carbocycles. The standard InChI is InChI=1S/C20H25NO5/c1-23-16-11-9-14(12-18(16)25-3)15(20(21)22)10-8-13-6-5-7-17(24-2)19(13)26-4/h5-7,9,11-12,15H,8,10H2,1-4H3,(H2,21,22). The van der Waals surface area contributed by atoms with Gasteiger partial charge in [0.05, 0.1) is 34.4 Å². The highest BCUT2D eigenvalue weighted by Gasteiger charge is 2.21. The molecule has 2 rings (SSSR count). The van der Waals surface area contributed by atoms with Gasteiger partial charge < -0.3 is 24.7 Å². The van der Waals surface area contributed by atoms with Crippen molar-refractivity contribution in [3.8, 4) is 23.0 Å². The van der Waals surface area contributed by atoms with Crippen LogP contribution < -0.4 is 24.7 Å². The molecule has 0 fully saturated rings. The van der Waals surface area contributed by atoms with E-state index in [1.165, 1.54) is 0 Å². The molecule has 2 aromatic carbocycles. The molecule has 0 saturated heterocycles. The molecule has 2 aromatic rings. The average molecular weight is 359 g/mol. The first kappa shape index (κ1) is 19.4. The molecule has 0 aliphatic heterocycles. The number of carbonyl (C=O) groups excluding carboxylic acids is 1. The van der Waals surface area contributed by atoms with Crippen LogP contribution in [0.5, 0.6) is 23.0 Å². The van der Waals surface area contributed by atoms with E-state index in [2.05, 4.69) is 0 Å². The lowest BCUT2D eigenvalue weighted by Gasteiger charge is -2.18. The minimum absolute atomic E-state index is 0.390. The molecule has 1 atom stereocenters. The Morgan fingerprint density at radius 3 is 2.19 bits per heavy atom. The average Bonchev–Trinajstić information content (AvgIpc) is 2.67. The fourth-order valence-electron chi connectivity index (χ4n) is 2.99. The zero-order valence-electron chi connectivity index (χ0n) is 15.6. The molecular formula is C20H25NO5. The number of para-hydroxylation sites is 1. The smallest absolute Gasteiger partial charge is 0.224 e. The van der Waals surface area contributed by atoms with Gasteiger partial charge in [0.15, 0.2) is 23.0 Å². The summed E-state index contributed by atoms with van der Waals surface area (Å²) >= 11 is 0. The highest BCUT2D eigenvalue weighted by molar-refractivity contribution is 5.82. The van der Waals surface area contributed by atoms with Crippen LogP contribution in [-0.4, -0.2) is 34.3 Å². The predicted octanol–water partition coefficient (Wildman–Crippen LogP) is 2.92. The van der Waals surface area contributed by atoms with Crippen LogP contribution in [0, 0.1) is 0 Å². The number of amides is 1. The number of hydrogen-bond acceptors (Lipinski definition) is 5. The van der Waals surface area contributed by atoms with E-state index in [0.29, 0.717) is 35.8 Å². The van der Waals surface area contributed by atoms with E-state index in [9.17, 15) is 4.79 Å². The summed E-state index contributed by atoms with van der Waals surface area (Å²) in [6.45, 7) is 0. The number of ether oxygens (including phenoxy) is 4. The van der Waals surface area contributed by atoms with Gasteiger partial charge in [-0.05, 0) is 42.2 Å². The summed E-state index contributed by atoms with van der Waals surface area (Å²) in [6.07, 6.45) is 1.15. The summed E-state index contributed by atoms with van der Waals surface area (Å²) < 4.78 is 21.3. The molecule has 0 bridgehead atoms. The summed E-state index contributed by atoms with van der Waals surface area (Å²) in [4.78, 5) is 12.0. The maximum atomic E-state index is 12.0. The van der Waals surface area contributed by atoms with E-state index in [0.717, 1.165) is 11.1 Å². The SMILES string of the molecule is COc1ccc(C(CCc2cccc(OC)c2OC)C(N)=O)cc1OC. The Morgan fingerprint density at radius 2 is 1.62 bits per heavy atom. The second-order valence-corrected chi connectivity index (χ2v) is 5.76. The van der Waals surface area contributed by atoms with Crippen LogP contribution >= 0.6 is 0 Å². The molecule has 0 saturated carbocycles.